The second kappa shape index (κ2) is 9.60. The maximum Gasteiger partial charge on any atom is 0.238 e. The number of hydrogen-bond donors (Lipinski definition) is 2. The van der Waals surface area contributed by atoms with E-state index in [4.69, 9.17) is 14.5 Å². The fourth-order valence-electron chi connectivity index (χ4n) is 4.80. The van der Waals surface area contributed by atoms with E-state index in [1.807, 2.05) is 48.7 Å². The number of H-pyrrole nitrogens is 1. The third kappa shape index (κ3) is 4.27. The number of ether oxygens (including phenoxy) is 2. The minimum atomic E-state index is -0.0390. The van der Waals surface area contributed by atoms with Crippen LogP contribution in [0, 0.1) is 0 Å². The minimum Gasteiger partial charge on any atom is -0.493 e. The van der Waals surface area contributed by atoms with Crippen molar-refractivity contribution >= 4 is 28.3 Å². The molecule has 9 nitrogen and oxygen atoms in total. The van der Waals surface area contributed by atoms with Gasteiger partial charge < -0.3 is 19.8 Å². The topological polar surface area (TPSA) is 95.6 Å². The third-order valence-electron chi connectivity index (χ3n) is 6.74. The van der Waals surface area contributed by atoms with Gasteiger partial charge in [-0.05, 0) is 42.5 Å². The highest BCUT2D eigenvalue weighted by Crippen LogP contribution is 2.37. The van der Waals surface area contributed by atoms with E-state index in [0.717, 1.165) is 54.9 Å². The molecule has 2 aromatic heterocycles. The molecule has 1 amide bonds. The van der Waals surface area contributed by atoms with Gasteiger partial charge in [-0.1, -0.05) is 0 Å². The summed E-state index contributed by atoms with van der Waals surface area (Å²) in [6, 6.07) is 13.6. The molecule has 0 atom stereocenters. The number of rotatable bonds is 7. The van der Waals surface area contributed by atoms with Crippen molar-refractivity contribution in [2.24, 2.45) is 0 Å². The third-order valence-corrected chi connectivity index (χ3v) is 6.74. The number of aromatic nitrogens is 3. The first kappa shape index (κ1) is 22.5. The molecule has 4 aromatic rings. The van der Waals surface area contributed by atoms with E-state index in [-0.39, 0.29) is 12.3 Å². The highest BCUT2D eigenvalue weighted by molar-refractivity contribution is 6.07. The summed E-state index contributed by atoms with van der Waals surface area (Å²) < 4.78 is 11.7. The van der Waals surface area contributed by atoms with Crippen molar-refractivity contribution in [2.45, 2.75) is 6.42 Å². The predicted molar refractivity (Wildman–Crippen MR) is 138 cm³/mol. The summed E-state index contributed by atoms with van der Waals surface area (Å²) in [4.78, 5) is 29.6. The molecule has 0 aliphatic carbocycles. The number of amides is 1. The van der Waals surface area contributed by atoms with Crippen LogP contribution in [0.1, 0.15) is 5.69 Å². The summed E-state index contributed by atoms with van der Waals surface area (Å²) in [6.45, 7) is 5.58. The quantitative estimate of drug-likeness (QED) is 0.416. The van der Waals surface area contributed by atoms with Gasteiger partial charge in [-0.3, -0.25) is 19.6 Å². The van der Waals surface area contributed by atoms with Crippen molar-refractivity contribution in [1.29, 1.82) is 0 Å². The number of nitrogens with zero attached hydrogens (tertiary/aromatic N) is 4. The van der Waals surface area contributed by atoms with Crippen LogP contribution >= 0.6 is 0 Å². The second-order valence-corrected chi connectivity index (χ2v) is 8.99. The Morgan fingerprint density at radius 1 is 1.06 bits per heavy atom. The van der Waals surface area contributed by atoms with Crippen LogP contribution in [0.15, 0.2) is 54.9 Å². The molecular formula is C27H28N6O3. The Bertz CT molecular complexity index is 1410. The standard InChI is InChI=1S/C27H28N6O3/c1-35-25-15-18(2-5-24(25)36-13-12-32-10-8-28-9-11-32)23-17-30-22-16-26(34)33(27(22)31-23)20-3-4-21-19(14-20)6-7-29-21/h2-7,14-15,17,28-29H,8-13,16H2,1H3. The number of methoxy groups -OCH3 is 1. The number of aromatic amines is 1. The van der Waals surface area contributed by atoms with Crippen LogP contribution in [0.2, 0.25) is 0 Å². The van der Waals surface area contributed by atoms with Crippen LogP contribution in [0.5, 0.6) is 11.5 Å². The minimum absolute atomic E-state index is 0.0390. The molecule has 2 aliphatic rings. The van der Waals surface area contributed by atoms with Gasteiger partial charge in [0.05, 0.1) is 36.8 Å². The largest absolute Gasteiger partial charge is 0.493 e. The van der Waals surface area contributed by atoms with E-state index in [1.165, 1.54) is 0 Å². The molecule has 1 saturated heterocycles. The number of carbonyl (C=O) groups excluding carboxylic acids is 1. The van der Waals surface area contributed by atoms with Crippen molar-refractivity contribution in [3.8, 4) is 22.8 Å². The van der Waals surface area contributed by atoms with Crippen LogP contribution in [-0.4, -0.2) is 72.2 Å². The first-order chi connectivity index (χ1) is 17.7. The van der Waals surface area contributed by atoms with Crippen LogP contribution in [-0.2, 0) is 11.2 Å². The number of benzene rings is 2. The van der Waals surface area contributed by atoms with Gasteiger partial charge in [0.15, 0.2) is 17.3 Å². The number of anilines is 2. The van der Waals surface area contributed by atoms with Crippen LogP contribution in [0.3, 0.4) is 0 Å². The lowest BCUT2D eigenvalue weighted by atomic mass is 10.1. The van der Waals surface area contributed by atoms with E-state index >= 15 is 0 Å². The molecular weight excluding hydrogens is 456 g/mol. The molecule has 1 fully saturated rings. The second-order valence-electron chi connectivity index (χ2n) is 8.99. The van der Waals surface area contributed by atoms with E-state index in [0.29, 0.717) is 35.3 Å². The van der Waals surface area contributed by atoms with E-state index in [9.17, 15) is 4.79 Å². The maximum atomic E-state index is 12.9. The number of carbonyl (C=O) groups is 1. The number of hydrogen-bond acceptors (Lipinski definition) is 7. The molecule has 4 heterocycles. The Morgan fingerprint density at radius 3 is 2.81 bits per heavy atom. The molecule has 2 N–H and O–H groups in total. The van der Waals surface area contributed by atoms with Gasteiger partial charge in [-0.2, -0.15) is 0 Å². The van der Waals surface area contributed by atoms with Crippen molar-refractivity contribution in [3.05, 3.63) is 60.6 Å². The molecule has 0 saturated carbocycles. The van der Waals surface area contributed by atoms with Gasteiger partial charge in [0.2, 0.25) is 5.91 Å². The van der Waals surface area contributed by atoms with Crippen LogP contribution < -0.4 is 19.7 Å². The lowest BCUT2D eigenvalue weighted by Gasteiger charge is -2.27. The molecule has 2 aliphatic heterocycles. The molecule has 6 rings (SSSR count). The first-order valence-corrected chi connectivity index (χ1v) is 12.2. The number of piperazine rings is 1. The van der Waals surface area contributed by atoms with Crippen LogP contribution in [0.25, 0.3) is 22.2 Å². The molecule has 0 spiro atoms. The van der Waals surface area contributed by atoms with E-state index in [2.05, 4.69) is 20.2 Å². The molecule has 36 heavy (non-hydrogen) atoms. The molecule has 2 aromatic carbocycles. The summed E-state index contributed by atoms with van der Waals surface area (Å²) in [7, 11) is 1.63. The van der Waals surface area contributed by atoms with Crippen molar-refractivity contribution in [2.75, 3.05) is 51.3 Å². The Labute approximate surface area is 209 Å². The zero-order chi connectivity index (χ0) is 24.5. The molecule has 0 bridgehead atoms. The summed E-state index contributed by atoms with van der Waals surface area (Å²) in [5.41, 5.74) is 3.99. The average Bonchev–Trinajstić information content (AvgIpc) is 3.51. The first-order valence-electron chi connectivity index (χ1n) is 12.2. The summed E-state index contributed by atoms with van der Waals surface area (Å²) in [6.07, 6.45) is 3.83. The maximum absolute atomic E-state index is 12.9. The fraction of sp³-hybridized carbons (Fsp3) is 0.296. The zero-order valence-corrected chi connectivity index (χ0v) is 20.2. The predicted octanol–water partition coefficient (Wildman–Crippen LogP) is 3.14. The number of nitrogens with one attached hydrogen (secondary N) is 2. The summed E-state index contributed by atoms with van der Waals surface area (Å²) in [5.74, 6) is 1.87. The SMILES string of the molecule is COc1cc(-c2cnc3c(n2)N(c2ccc4[nH]ccc4c2)C(=O)C3)ccc1OCCN1CCNCC1. The van der Waals surface area contributed by atoms with Gasteiger partial charge in [-0.25, -0.2) is 4.98 Å². The van der Waals surface area contributed by atoms with Crippen molar-refractivity contribution in [3.63, 3.8) is 0 Å². The Balaban J connectivity index is 1.24. The lowest BCUT2D eigenvalue weighted by Crippen LogP contribution is -2.44. The van der Waals surface area contributed by atoms with Crippen LogP contribution in [0.4, 0.5) is 11.5 Å². The average molecular weight is 485 g/mol. The Morgan fingerprint density at radius 2 is 1.94 bits per heavy atom. The Kier molecular flexibility index (Phi) is 6.00. The van der Waals surface area contributed by atoms with Gasteiger partial charge in [0.25, 0.3) is 0 Å². The number of fused-ring (bicyclic) bond motifs is 2. The highest BCUT2D eigenvalue weighted by atomic mass is 16.5. The van der Waals surface area contributed by atoms with Gasteiger partial charge in [-0.15, -0.1) is 0 Å². The molecule has 9 heteroatoms. The van der Waals surface area contributed by atoms with Crippen molar-refractivity contribution in [1.82, 2.24) is 25.2 Å². The van der Waals surface area contributed by atoms with E-state index in [1.54, 1.807) is 18.2 Å². The summed E-state index contributed by atoms with van der Waals surface area (Å²) >= 11 is 0. The smallest absolute Gasteiger partial charge is 0.238 e. The lowest BCUT2D eigenvalue weighted by molar-refractivity contribution is -0.116. The van der Waals surface area contributed by atoms with Gasteiger partial charge in [0.1, 0.15) is 6.61 Å². The zero-order valence-electron chi connectivity index (χ0n) is 20.2. The monoisotopic (exact) mass is 484 g/mol. The van der Waals surface area contributed by atoms with Gasteiger partial charge >= 0.3 is 0 Å². The highest BCUT2D eigenvalue weighted by Gasteiger charge is 2.32. The normalized spacial score (nSPS) is 15.9. The van der Waals surface area contributed by atoms with Gasteiger partial charge in [0, 0.05) is 55.4 Å². The molecule has 184 valence electrons. The Hall–Kier alpha value is -3.95. The summed E-state index contributed by atoms with van der Waals surface area (Å²) in [5, 5.41) is 4.40. The fourth-order valence-corrected chi connectivity index (χ4v) is 4.80. The van der Waals surface area contributed by atoms with Crippen molar-refractivity contribution < 1.29 is 14.3 Å². The molecule has 0 radical (unpaired) electrons. The molecule has 0 unspecified atom stereocenters. The van der Waals surface area contributed by atoms with E-state index < -0.39 is 0 Å².